The Balaban J connectivity index is 1.88. The third-order valence-corrected chi connectivity index (χ3v) is 6.86. The van der Waals surface area contributed by atoms with Gasteiger partial charge >= 0.3 is 11.9 Å². The molecule has 1 aliphatic rings. The highest BCUT2D eigenvalue weighted by molar-refractivity contribution is 5.98. The van der Waals surface area contributed by atoms with Crippen LogP contribution in [0.5, 0.6) is 0 Å². The summed E-state index contributed by atoms with van der Waals surface area (Å²) in [6, 6.07) is 2.42. The summed E-state index contributed by atoms with van der Waals surface area (Å²) in [7, 11) is 1.65. The van der Waals surface area contributed by atoms with E-state index in [0.29, 0.717) is 18.4 Å². The topological polar surface area (TPSA) is 77.8 Å². The molecule has 1 aromatic carbocycles. The molecule has 0 amide bonds. The Morgan fingerprint density at radius 1 is 1.00 bits per heavy atom. The van der Waals surface area contributed by atoms with Gasteiger partial charge in [-0.05, 0) is 56.8 Å². The van der Waals surface area contributed by atoms with Crippen LogP contribution in [0.15, 0.2) is 12.1 Å². The van der Waals surface area contributed by atoms with Gasteiger partial charge in [-0.2, -0.15) is 0 Å². The number of hydrogen-bond donors (Lipinski definition) is 2. The minimum Gasteiger partial charge on any atom is -0.480 e. The van der Waals surface area contributed by atoms with Gasteiger partial charge in [0.25, 0.3) is 0 Å². The summed E-state index contributed by atoms with van der Waals surface area (Å²) in [4.78, 5) is 24.7. The molecule has 180 valence electrons. The molecule has 0 spiro atoms. The Labute approximate surface area is 189 Å². The van der Waals surface area contributed by atoms with Crippen molar-refractivity contribution >= 4 is 11.9 Å². The molecule has 1 atom stereocenters. The van der Waals surface area contributed by atoms with Crippen LogP contribution in [0, 0.1) is 17.0 Å². The quantitative estimate of drug-likeness (QED) is 0.275. The van der Waals surface area contributed by atoms with Gasteiger partial charge in [0.15, 0.2) is 5.41 Å². The largest absolute Gasteiger partial charge is 0.480 e. The first-order chi connectivity index (χ1) is 15.2. The Bertz CT molecular complexity index is 746. The fraction of sp³-hybridized carbons (Fsp3) is 0.680. The average Bonchev–Trinajstić information content (AvgIpc) is 3.20. The van der Waals surface area contributed by atoms with Crippen molar-refractivity contribution in [1.82, 2.24) is 4.90 Å². The SMILES string of the molecule is CCCCCCCCCCc1cc(F)c(CN(C)C2CCC(C(=O)O)(C(=O)O)C2)c(F)c1. The first-order valence-corrected chi connectivity index (χ1v) is 11.8. The molecule has 5 nitrogen and oxygen atoms in total. The van der Waals surface area contributed by atoms with E-state index in [0.717, 1.165) is 19.3 Å². The number of carboxylic acids is 2. The number of nitrogens with zero attached hydrogens (tertiary/aromatic N) is 1. The van der Waals surface area contributed by atoms with Crippen LogP contribution < -0.4 is 0 Å². The summed E-state index contributed by atoms with van der Waals surface area (Å²) in [6.45, 7) is 2.16. The summed E-state index contributed by atoms with van der Waals surface area (Å²) >= 11 is 0. The van der Waals surface area contributed by atoms with E-state index in [4.69, 9.17) is 0 Å². The molecule has 1 unspecified atom stereocenters. The second kappa shape index (κ2) is 12.3. The van der Waals surface area contributed by atoms with Crippen molar-refractivity contribution in [2.75, 3.05) is 7.05 Å². The van der Waals surface area contributed by atoms with Crippen LogP contribution in [-0.4, -0.2) is 40.1 Å². The highest BCUT2D eigenvalue weighted by atomic mass is 19.1. The maximum absolute atomic E-state index is 14.7. The van der Waals surface area contributed by atoms with Crippen LogP contribution in [-0.2, 0) is 22.6 Å². The number of rotatable bonds is 14. The second-order valence-corrected chi connectivity index (χ2v) is 9.27. The lowest BCUT2D eigenvalue weighted by atomic mass is 9.86. The highest BCUT2D eigenvalue weighted by Crippen LogP contribution is 2.41. The number of hydrogen-bond acceptors (Lipinski definition) is 3. The van der Waals surface area contributed by atoms with Gasteiger partial charge in [-0.15, -0.1) is 0 Å². The van der Waals surface area contributed by atoms with E-state index < -0.39 is 29.0 Å². The minimum absolute atomic E-state index is 0.00911. The lowest BCUT2D eigenvalue weighted by Gasteiger charge is -2.26. The smallest absolute Gasteiger partial charge is 0.321 e. The number of unbranched alkanes of at least 4 members (excludes halogenated alkanes) is 7. The third kappa shape index (κ3) is 6.74. The minimum atomic E-state index is -1.82. The Hall–Kier alpha value is -2.02. The predicted octanol–water partition coefficient (Wildman–Crippen LogP) is 5.79. The highest BCUT2D eigenvalue weighted by Gasteiger charge is 2.52. The van der Waals surface area contributed by atoms with E-state index in [1.165, 1.54) is 44.2 Å². The van der Waals surface area contributed by atoms with Crippen LogP contribution in [0.2, 0.25) is 0 Å². The zero-order valence-electron chi connectivity index (χ0n) is 19.3. The molecule has 0 radical (unpaired) electrons. The maximum Gasteiger partial charge on any atom is 0.321 e. The van der Waals surface area contributed by atoms with Gasteiger partial charge in [-0.1, -0.05) is 51.9 Å². The summed E-state index contributed by atoms with van der Waals surface area (Å²) in [5.41, 5.74) is -1.24. The van der Waals surface area contributed by atoms with Crippen molar-refractivity contribution in [2.45, 2.75) is 96.6 Å². The van der Waals surface area contributed by atoms with Gasteiger partial charge in [0.2, 0.25) is 0 Å². The maximum atomic E-state index is 14.7. The van der Waals surface area contributed by atoms with E-state index in [2.05, 4.69) is 6.92 Å². The number of halogens is 2. The molecule has 1 aliphatic carbocycles. The molecule has 2 N–H and O–H groups in total. The molecule has 1 aromatic rings. The van der Waals surface area contributed by atoms with Crippen molar-refractivity contribution in [2.24, 2.45) is 5.41 Å². The van der Waals surface area contributed by atoms with Crippen molar-refractivity contribution in [3.8, 4) is 0 Å². The fourth-order valence-electron chi connectivity index (χ4n) is 4.67. The molecule has 0 aliphatic heterocycles. The number of aliphatic carboxylic acids is 2. The zero-order chi connectivity index (χ0) is 23.7. The Morgan fingerprint density at radius 3 is 2.03 bits per heavy atom. The normalized spacial score (nSPS) is 17.7. The molecule has 1 saturated carbocycles. The van der Waals surface area contributed by atoms with E-state index in [9.17, 15) is 28.6 Å². The van der Waals surface area contributed by atoms with Crippen molar-refractivity contribution < 1.29 is 28.6 Å². The van der Waals surface area contributed by atoms with Crippen LogP contribution in [0.1, 0.15) is 88.7 Å². The molecule has 2 rings (SSSR count). The summed E-state index contributed by atoms with van der Waals surface area (Å²) in [6.07, 6.45) is 10.3. The zero-order valence-corrected chi connectivity index (χ0v) is 19.3. The lowest BCUT2D eigenvalue weighted by Crippen LogP contribution is -2.39. The average molecular weight is 454 g/mol. The standard InChI is InChI=1S/C25H37F2NO4/c1-3-4-5-6-7-8-9-10-11-18-14-21(26)20(22(27)15-18)17-28(2)19-12-13-25(16-19,23(29)30)24(31)32/h14-15,19H,3-13,16-17H2,1-2H3,(H,29,30)(H,31,32). The number of aryl methyl sites for hydroxylation is 1. The molecule has 1 fully saturated rings. The molecular formula is C25H37F2NO4. The van der Waals surface area contributed by atoms with Crippen molar-refractivity contribution in [1.29, 1.82) is 0 Å². The van der Waals surface area contributed by atoms with Crippen LogP contribution in [0.25, 0.3) is 0 Å². The van der Waals surface area contributed by atoms with E-state index >= 15 is 0 Å². The van der Waals surface area contributed by atoms with Crippen molar-refractivity contribution in [3.05, 3.63) is 34.9 Å². The first-order valence-electron chi connectivity index (χ1n) is 11.8. The summed E-state index contributed by atoms with van der Waals surface area (Å²) in [5.74, 6) is -3.92. The molecule has 0 bridgehead atoms. The fourth-order valence-corrected chi connectivity index (χ4v) is 4.67. The summed E-state index contributed by atoms with van der Waals surface area (Å²) in [5, 5.41) is 18.8. The Kier molecular flexibility index (Phi) is 10.1. The molecule has 0 aromatic heterocycles. The van der Waals surface area contributed by atoms with Gasteiger partial charge < -0.3 is 10.2 Å². The molecular weight excluding hydrogens is 416 g/mol. The number of carboxylic acid groups (broad SMARTS) is 2. The second-order valence-electron chi connectivity index (χ2n) is 9.27. The van der Waals surface area contributed by atoms with Gasteiger partial charge in [0.1, 0.15) is 11.6 Å². The van der Waals surface area contributed by atoms with Gasteiger partial charge in [-0.3, -0.25) is 14.5 Å². The van der Waals surface area contributed by atoms with E-state index in [1.807, 2.05) is 0 Å². The van der Waals surface area contributed by atoms with Gasteiger partial charge in [0, 0.05) is 18.2 Å². The lowest BCUT2D eigenvalue weighted by molar-refractivity contribution is -0.164. The van der Waals surface area contributed by atoms with Gasteiger partial charge in [0.05, 0.1) is 0 Å². The van der Waals surface area contributed by atoms with Gasteiger partial charge in [-0.25, -0.2) is 8.78 Å². The van der Waals surface area contributed by atoms with Crippen molar-refractivity contribution in [3.63, 3.8) is 0 Å². The number of benzene rings is 1. The predicted molar refractivity (Wildman–Crippen MR) is 119 cm³/mol. The molecule has 7 heteroatoms. The summed E-state index contributed by atoms with van der Waals surface area (Å²) < 4.78 is 29.3. The Morgan fingerprint density at radius 2 is 1.53 bits per heavy atom. The van der Waals surface area contributed by atoms with E-state index in [1.54, 1.807) is 11.9 Å². The monoisotopic (exact) mass is 453 g/mol. The van der Waals surface area contributed by atoms with Crippen LogP contribution >= 0.6 is 0 Å². The molecule has 32 heavy (non-hydrogen) atoms. The third-order valence-electron chi connectivity index (χ3n) is 6.86. The first kappa shape index (κ1) is 26.2. The molecule has 0 heterocycles. The van der Waals surface area contributed by atoms with Crippen LogP contribution in [0.4, 0.5) is 8.78 Å². The molecule has 0 saturated heterocycles. The van der Waals surface area contributed by atoms with E-state index in [-0.39, 0.29) is 31.0 Å². The number of carbonyl (C=O) groups is 2. The van der Waals surface area contributed by atoms with Crippen LogP contribution in [0.3, 0.4) is 0 Å².